The molecule has 1 aromatic rings. The van der Waals surface area contributed by atoms with Gasteiger partial charge in [0.2, 0.25) is 0 Å². The summed E-state index contributed by atoms with van der Waals surface area (Å²) < 4.78 is 29.2. The van der Waals surface area contributed by atoms with Crippen molar-refractivity contribution in [1.29, 1.82) is 4.78 Å². The fourth-order valence-electron chi connectivity index (χ4n) is 2.44. The second-order valence-electron chi connectivity index (χ2n) is 5.01. The van der Waals surface area contributed by atoms with Gasteiger partial charge in [-0.15, -0.1) is 0 Å². The molecule has 6 heteroatoms. The minimum Gasteiger partial charge on any atom is -0.381 e. The summed E-state index contributed by atoms with van der Waals surface area (Å²) in [4.78, 5) is 0.590. The molecule has 1 aliphatic rings. The first-order valence-electron chi connectivity index (χ1n) is 6.84. The van der Waals surface area contributed by atoms with E-state index in [9.17, 15) is 4.21 Å². The molecule has 4 nitrogen and oxygen atoms in total. The van der Waals surface area contributed by atoms with Gasteiger partial charge in [-0.05, 0) is 52.9 Å². The molecule has 1 unspecified atom stereocenters. The first-order valence-corrected chi connectivity index (χ1v) is 9.15. The normalized spacial score (nSPS) is 20.8. The molecule has 1 atom stereocenters. The van der Waals surface area contributed by atoms with Crippen LogP contribution < -0.4 is 0 Å². The van der Waals surface area contributed by atoms with Gasteiger partial charge in [0.05, 0.1) is 11.0 Å². The van der Waals surface area contributed by atoms with Crippen molar-refractivity contribution in [2.45, 2.75) is 37.2 Å². The fourth-order valence-corrected chi connectivity index (χ4v) is 5.00. The first-order chi connectivity index (χ1) is 9.48. The van der Waals surface area contributed by atoms with Crippen molar-refractivity contribution >= 4 is 25.8 Å². The second-order valence-corrected chi connectivity index (χ2v) is 7.87. The van der Waals surface area contributed by atoms with Crippen LogP contribution in [0.5, 0.6) is 0 Å². The Balaban J connectivity index is 2.27. The van der Waals surface area contributed by atoms with Crippen LogP contribution >= 0.6 is 15.9 Å². The van der Waals surface area contributed by atoms with Gasteiger partial charge in [0.25, 0.3) is 0 Å². The Labute approximate surface area is 129 Å². The molecule has 1 fully saturated rings. The van der Waals surface area contributed by atoms with E-state index in [1.54, 1.807) is 11.4 Å². The van der Waals surface area contributed by atoms with E-state index in [0.717, 1.165) is 29.3 Å². The Bertz CT molecular complexity index is 567. The maximum absolute atomic E-state index is 12.9. The number of hydrogen-bond acceptors (Lipinski definition) is 3. The number of benzene rings is 1. The number of halogens is 1. The highest BCUT2D eigenvalue weighted by Gasteiger charge is 2.28. The van der Waals surface area contributed by atoms with E-state index in [1.165, 1.54) is 0 Å². The molecule has 0 bridgehead atoms. The van der Waals surface area contributed by atoms with Crippen molar-refractivity contribution in [2.24, 2.45) is 0 Å². The Hall–Kier alpha value is -0.430. The van der Waals surface area contributed by atoms with E-state index in [0.29, 0.717) is 18.0 Å². The lowest BCUT2D eigenvalue weighted by Gasteiger charge is -2.32. The van der Waals surface area contributed by atoms with Crippen LogP contribution in [0.25, 0.3) is 0 Å². The van der Waals surface area contributed by atoms with Gasteiger partial charge in [-0.3, -0.25) is 0 Å². The van der Waals surface area contributed by atoms with Crippen molar-refractivity contribution in [3.8, 4) is 0 Å². The number of rotatable bonds is 4. The molecule has 1 aromatic carbocycles. The molecule has 0 aliphatic carbocycles. The zero-order valence-corrected chi connectivity index (χ0v) is 14.3. The van der Waals surface area contributed by atoms with Crippen LogP contribution in [-0.2, 0) is 21.1 Å². The van der Waals surface area contributed by atoms with Gasteiger partial charge in [-0.2, -0.15) is 0 Å². The average molecular weight is 361 g/mol. The second kappa shape index (κ2) is 6.56. The Morgan fingerprint density at radius 1 is 1.45 bits per heavy atom. The Morgan fingerprint density at radius 2 is 2.10 bits per heavy atom. The van der Waals surface area contributed by atoms with Gasteiger partial charge >= 0.3 is 0 Å². The Kier molecular flexibility index (Phi) is 5.23. The van der Waals surface area contributed by atoms with E-state index in [4.69, 9.17) is 9.52 Å². The van der Waals surface area contributed by atoms with Crippen LogP contribution in [0.4, 0.5) is 0 Å². The molecule has 2 rings (SSSR count). The third-order valence-electron chi connectivity index (χ3n) is 3.80. The molecular formula is C14H21BrN2O2S. The van der Waals surface area contributed by atoms with E-state index < -0.39 is 9.92 Å². The fraction of sp³-hybridized carbons (Fsp3) is 0.571. The lowest BCUT2D eigenvalue weighted by Crippen LogP contribution is -2.40. The molecular weight excluding hydrogens is 340 g/mol. The molecule has 1 saturated heterocycles. The number of nitrogens with one attached hydrogen (secondary N) is 1. The summed E-state index contributed by atoms with van der Waals surface area (Å²) in [6, 6.07) is 5.78. The largest absolute Gasteiger partial charge is 0.381 e. The monoisotopic (exact) mass is 360 g/mol. The molecule has 0 radical (unpaired) electrons. The number of ether oxygens (including phenoxy) is 1. The highest BCUT2D eigenvalue weighted by Crippen LogP contribution is 2.29. The van der Waals surface area contributed by atoms with Crippen LogP contribution in [0.3, 0.4) is 0 Å². The van der Waals surface area contributed by atoms with E-state index in [2.05, 4.69) is 22.9 Å². The molecule has 1 N–H and O–H groups in total. The van der Waals surface area contributed by atoms with Crippen molar-refractivity contribution < 1.29 is 8.95 Å². The molecule has 112 valence electrons. The van der Waals surface area contributed by atoms with Gasteiger partial charge in [0, 0.05) is 24.7 Å². The summed E-state index contributed by atoms with van der Waals surface area (Å²) in [5.74, 6) is 0. The van der Waals surface area contributed by atoms with Crippen LogP contribution in [0.15, 0.2) is 27.6 Å². The van der Waals surface area contributed by atoms with Crippen molar-refractivity contribution in [1.82, 2.24) is 4.31 Å². The Morgan fingerprint density at radius 3 is 2.65 bits per heavy atom. The first kappa shape index (κ1) is 15.9. The van der Waals surface area contributed by atoms with Crippen molar-refractivity contribution in [2.75, 3.05) is 20.2 Å². The summed E-state index contributed by atoms with van der Waals surface area (Å²) in [5, 5.41) is 0. The number of aryl methyl sites for hydroxylation is 1. The number of piperidine rings is 1. The van der Waals surface area contributed by atoms with Crippen LogP contribution in [0.1, 0.15) is 25.3 Å². The average Bonchev–Trinajstić information content (AvgIpc) is 2.47. The summed E-state index contributed by atoms with van der Waals surface area (Å²) in [5.41, 5.74) is 1.11. The molecule has 20 heavy (non-hydrogen) atoms. The minimum absolute atomic E-state index is 0.229. The quantitative estimate of drug-likeness (QED) is 0.893. The smallest absolute Gasteiger partial charge is 0.138 e. The molecule has 0 amide bonds. The van der Waals surface area contributed by atoms with Crippen LogP contribution in [0, 0.1) is 4.78 Å². The highest BCUT2D eigenvalue weighted by molar-refractivity contribution is 9.10. The molecule has 0 saturated carbocycles. The number of methoxy groups -OCH3 is 1. The third-order valence-corrected chi connectivity index (χ3v) is 6.78. The van der Waals surface area contributed by atoms with Crippen LogP contribution in [-0.4, -0.2) is 34.8 Å². The van der Waals surface area contributed by atoms with E-state index in [-0.39, 0.29) is 6.10 Å². The standard InChI is InChI=1S/C14H21BrN2O2S/c1-3-11-4-5-13(15)14(10-11)20(16,18)17-8-6-12(19-2)7-9-17/h4-5,10,12,16H,3,6-9H2,1-2H3. The zero-order chi connectivity index (χ0) is 14.8. The van der Waals surface area contributed by atoms with E-state index in [1.807, 2.05) is 18.2 Å². The van der Waals surface area contributed by atoms with Gasteiger partial charge in [-0.25, -0.2) is 13.3 Å². The predicted molar refractivity (Wildman–Crippen MR) is 84.3 cm³/mol. The number of hydrogen-bond donors (Lipinski definition) is 1. The SMILES string of the molecule is CCc1ccc(Br)c(S(=N)(=O)N2CCC(OC)CC2)c1. The number of nitrogens with zero attached hydrogens (tertiary/aromatic N) is 1. The summed E-state index contributed by atoms with van der Waals surface area (Å²) in [6.45, 7) is 3.34. The van der Waals surface area contributed by atoms with Gasteiger partial charge in [0.1, 0.15) is 9.92 Å². The van der Waals surface area contributed by atoms with Gasteiger partial charge in [-0.1, -0.05) is 13.0 Å². The predicted octanol–water partition coefficient (Wildman–Crippen LogP) is 3.44. The molecule has 1 heterocycles. The summed E-state index contributed by atoms with van der Waals surface area (Å²) in [7, 11) is -1.22. The van der Waals surface area contributed by atoms with E-state index >= 15 is 0 Å². The highest BCUT2D eigenvalue weighted by atomic mass is 79.9. The molecule has 0 aromatic heterocycles. The maximum atomic E-state index is 12.9. The molecule has 0 spiro atoms. The summed E-state index contributed by atoms with van der Waals surface area (Å²) in [6.07, 6.45) is 2.77. The molecule has 1 aliphatic heterocycles. The van der Waals surface area contributed by atoms with Crippen molar-refractivity contribution in [3.63, 3.8) is 0 Å². The van der Waals surface area contributed by atoms with Crippen LogP contribution in [0.2, 0.25) is 0 Å². The van der Waals surface area contributed by atoms with Gasteiger partial charge in [0.15, 0.2) is 0 Å². The summed E-state index contributed by atoms with van der Waals surface area (Å²) >= 11 is 3.44. The van der Waals surface area contributed by atoms with Crippen molar-refractivity contribution in [3.05, 3.63) is 28.2 Å². The zero-order valence-electron chi connectivity index (χ0n) is 11.9. The lowest BCUT2D eigenvalue weighted by molar-refractivity contribution is 0.0610. The topological polar surface area (TPSA) is 53.4 Å². The third kappa shape index (κ3) is 3.24. The van der Waals surface area contributed by atoms with Gasteiger partial charge < -0.3 is 4.74 Å². The maximum Gasteiger partial charge on any atom is 0.138 e. The minimum atomic E-state index is -2.93. The lowest BCUT2D eigenvalue weighted by atomic mass is 10.1.